The van der Waals surface area contributed by atoms with E-state index in [2.05, 4.69) is 4.98 Å². The highest BCUT2D eigenvalue weighted by Crippen LogP contribution is 2.23. The molecule has 122 valence electrons. The molecule has 0 saturated heterocycles. The van der Waals surface area contributed by atoms with Crippen LogP contribution in [0.5, 0.6) is 0 Å². The molecule has 0 spiro atoms. The minimum atomic E-state index is -0.259. The van der Waals surface area contributed by atoms with E-state index in [1.165, 1.54) is 10.1 Å². The molecule has 1 aliphatic rings. The molecule has 0 aliphatic carbocycles. The van der Waals surface area contributed by atoms with Gasteiger partial charge in [-0.3, -0.25) is 9.36 Å². The number of imidazole rings is 1. The maximum Gasteiger partial charge on any atom is 0.326 e. The quantitative estimate of drug-likeness (QED) is 0.778. The number of carbonyl (C=O) groups is 1. The lowest BCUT2D eigenvalue weighted by Crippen LogP contribution is -2.39. The van der Waals surface area contributed by atoms with E-state index < -0.39 is 0 Å². The molecule has 3 aromatic rings. The maximum absolute atomic E-state index is 12.7. The van der Waals surface area contributed by atoms with Gasteiger partial charge in [0.15, 0.2) is 0 Å². The van der Waals surface area contributed by atoms with Crippen molar-refractivity contribution in [2.75, 3.05) is 6.54 Å². The van der Waals surface area contributed by atoms with Crippen LogP contribution in [0.2, 0.25) is 5.02 Å². The van der Waals surface area contributed by atoms with Gasteiger partial charge < -0.3 is 9.88 Å². The summed E-state index contributed by atoms with van der Waals surface area (Å²) in [5.74, 6) is -0.0625. The van der Waals surface area contributed by atoms with Gasteiger partial charge in [-0.25, -0.2) is 4.79 Å². The van der Waals surface area contributed by atoms with Crippen molar-refractivity contribution in [3.63, 3.8) is 0 Å². The van der Waals surface area contributed by atoms with Gasteiger partial charge in [0.25, 0.3) is 0 Å². The first-order valence-electron chi connectivity index (χ1n) is 7.84. The van der Waals surface area contributed by atoms with Crippen LogP contribution in [0.25, 0.3) is 11.0 Å². The predicted molar refractivity (Wildman–Crippen MR) is 93.1 cm³/mol. The summed E-state index contributed by atoms with van der Waals surface area (Å²) in [7, 11) is 0. The Bertz CT molecular complexity index is 989. The molecule has 4 rings (SSSR count). The number of hydrogen-bond donors (Lipinski definition) is 1. The van der Waals surface area contributed by atoms with Crippen LogP contribution in [0.4, 0.5) is 0 Å². The largest absolute Gasteiger partial charge is 0.336 e. The molecule has 1 amide bonds. The Morgan fingerprint density at radius 1 is 1.17 bits per heavy atom. The second kappa shape index (κ2) is 5.83. The highest BCUT2D eigenvalue weighted by atomic mass is 35.5. The lowest BCUT2D eigenvalue weighted by Gasteiger charge is -2.29. The van der Waals surface area contributed by atoms with Gasteiger partial charge in [-0.1, -0.05) is 29.8 Å². The average molecular weight is 342 g/mol. The maximum atomic E-state index is 12.7. The number of aromatic amines is 1. The number of benzene rings is 2. The molecule has 1 aromatic heterocycles. The van der Waals surface area contributed by atoms with E-state index in [-0.39, 0.29) is 18.1 Å². The van der Waals surface area contributed by atoms with E-state index in [0.29, 0.717) is 18.1 Å². The molecule has 0 fully saturated rings. The lowest BCUT2D eigenvalue weighted by molar-refractivity contribution is -0.132. The van der Waals surface area contributed by atoms with Crippen LogP contribution in [0, 0.1) is 0 Å². The third kappa shape index (κ3) is 2.61. The number of rotatable bonds is 2. The molecule has 0 unspecified atom stereocenters. The van der Waals surface area contributed by atoms with Crippen molar-refractivity contribution in [1.82, 2.24) is 14.5 Å². The molecule has 1 aliphatic heterocycles. The van der Waals surface area contributed by atoms with E-state index in [1.54, 1.807) is 4.90 Å². The molecule has 0 saturated carbocycles. The summed E-state index contributed by atoms with van der Waals surface area (Å²) in [6.45, 7) is 1.23. The highest BCUT2D eigenvalue weighted by Gasteiger charge is 2.22. The number of nitrogens with one attached hydrogen (secondary N) is 1. The molecule has 0 bridgehead atoms. The Hall–Kier alpha value is -2.53. The van der Waals surface area contributed by atoms with Crippen LogP contribution in [0.15, 0.2) is 47.3 Å². The standard InChI is InChI=1S/C18H16ClN3O2/c19-14-6-5-12-7-8-21(10-13(12)9-14)17(23)11-22-16-4-2-1-3-15(16)20-18(22)24/h1-6,9H,7-8,10-11H2,(H,20,24). The van der Waals surface area contributed by atoms with Crippen LogP contribution in [0.1, 0.15) is 11.1 Å². The molecular formula is C18H16ClN3O2. The Balaban J connectivity index is 1.58. The second-order valence-electron chi connectivity index (χ2n) is 6.01. The van der Waals surface area contributed by atoms with E-state index in [0.717, 1.165) is 23.0 Å². The Morgan fingerprint density at radius 2 is 2.00 bits per heavy atom. The van der Waals surface area contributed by atoms with E-state index in [9.17, 15) is 9.59 Å². The van der Waals surface area contributed by atoms with Crippen molar-refractivity contribution < 1.29 is 4.79 Å². The van der Waals surface area contributed by atoms with Crippen LogP contribution >= 0.6 is 11.6 Å². The van der Waals surface area contributed by atoms with Crippen molar-refractivity contribution >= 4 is 28.5 Å². The molecule has 5 nitrogen and oxygen atoms in total. The summed E-state index contributed by atoms with van der Waals surface area (Å²) in [4.78, 5) is 29.4. The summed E-state index contributed by atoms with van der Waals surface area (Å²) in [5.41, 5.74) is 3.54. The fraction of sp³-hybridized carbons (Fsp3) is 0.222. The fourth-order valence-electron chi connectivity index (χ4n) is 3.24. The van der Waals surface area contributed by atoms with Crippen LogP contribution in [-0.2, 0) is 24.3 Å². The highest BCUT2D eigenvalue weighted by molar-refractivity contribution is 6.30. The van der Waals surface area contributed by atoms with Gasteiger partial charge in [0.1, 0.15) is 6.54 Å². The van der Waals surface area contributed by atoms with Crippen molar-refractivity contribution in [2.24, 2.45) is 0 Å². The second-order valence-corrected chi connectivity index (χ2v) is 6.45. The van der Waals surface area contributed by atoms with Gasteiger partial charge >= 0.3 is 5.69 Å². The number of halogens is 1. The molecule has 24 heavy (non-hydrogen) atoms. The molecular weight excluding hydrogens is 326 g/mol. The summed E-state index contributed by atoms with van der Waals surface area (Å²) in [6, 6.07) is 13.2. The molecule has 6 heteroatoms. The molecule has 0 radical (unpaired) electrons. The zero-order chi connectivity index (χ0) is 16.7. The van der Waals surface area contributed by atoms with Crippen molar-refractivity contribution in [3.05, 3.63) is 69.1 Å². The third-order valence-electron chi connectivity index (χ3n) is 4.51. The van der Waals surface area contributed by atoms with Gasteiger partial charge in [-0.2, -0.15) is 0 Å². The van der Waals surface area contributed by atoms with Crippen molar-refractivity contribution in [1.29, 1.82) is 0 Å². The monoisotopic (exact) mass is 341 g/mol. The number of hydrogen-bond acceptors (Lipinski definition) is 2. The zero-order valence-electron chi connectivity index (χ0n) is 13.0. The smallest absolute Gasteiger partial charge is 0.326 e. The van der Waals surface area contributed by atoms with Crippen molar-refractivity contribution in [3.8, 4) is 0 Å². The first kappa shape index (κ1) is 15.0. The Labute approximate surface area is 143 Å². The van der Waals surface area contributed by atoms with Gasteiger partial charge in [-0.15, -0.1) is 0 Å². The molecule has 1 N–H and O–H groups in total. The SMILES string of the molecule is O=C(Cn1c(=O)[nH]c2ccccc21)N1CCc2ccc(Cl)cc2C1. The molecule has 0 atom stereocenters. The number of aromatic nitrogens is 2. The zero-order valence-corrected chi connectivity index (χ0v) is 13.7. The van der Waals surface area contributed by atoms with E-state index >= 15 is 0 Å². The number of nitrogens with zero attached hydrogens (tertiary/aromatic N) is 2. The summed E-state index contributed by atoms with van der Waals surface area (Å²) >= 11 is 6.05. The third-order valence-corrected chi connectivity index (χ3v) is 4.74. The summed E-state index contributed by atoms with van der Waals surface area (Å²) in [6.07, 6.45) is 0.807. The molecule has 2 aromatic carbocycles. The van der Waals surface area contributed by atoms with Crippen LogP contribution in [-0.4, -0.2) is 26.9 Å². The van der Waals surface area contributed by atoms with E-state index in [1.807, 2.05) is 42.5 Å². The van der Waals surface area contributed by atoms with Crippen LogP contribution < -0.4 is 5.69 Å². The van der Waals surface area contributed by atoms with Crippen molar-refractivity contribution in [2.45, 2.75) is 19.5 Å². The normalized spacial score (nSPS) is 14.0. The van der Waals surface area contributed by atoms with E-state index in [4.69, 9.17) is 11.6 Å². The first-order chi connectivity index (χ1) is 11.6. The number of fused-ring (bicyclic) bond motifs is 2. The van der Waals surface area contributed by atoms with Gasteiger partial charge in [0.2, 0.25) is 5.91 Å². The number of carbonyl (C=O) groups excluding carboxylic acids is 1. The van der Waals surface area contributed by atoms with Crippen LogP contribution in [0.3, 0.4) is 0 Å². The van der Waals surface area contributed by atoms with Gasteiger partial charge in [0.05, 0.1) is 11.0 Å². The summed E-state index contributed by atoms with van der Waals surface area (Å²) < 4.78 is 1.49. The topological polar surface area (TPSA) is 58.1 Å². The summed E-state index contributed by atoms with van der Waals surface area (Å²) in [5, 5.41) is 0.677. The number of H-pyrrole nitrogens is 1. The fourth-order valence-corrected chi connectivity index (χ4v) is 3.43. The number of amides is 1. The van der Waals surface area contributed by atoms with Gasteiger partial charge in [-0.05, 0) is 41.8 Å². The Morgan fingerprint density at radius 3 is 2.88 bits per heavy atom. The van der Waals surface area contributed by atoms with Gasteiger partial charge in [0, 0.05) is 18.1 Å². The predicted octanol–water partition coefficient (Wildman–Crippen LogP) is 2.57. The number of para-hydroxylation sites is 2. The lowest BCUT2D eigenvalue weighted by atomic mass is 10.00. The molecule has 2 heterocycles. The minimum absolute atomic E-state index is 0.0404. The minimum Gasteiger partial charge on any atom is -0.336 e. The average Bonchev–Trinajstić information content (AvgIpc) is 2.90. The first-order valence-corrected chi connectivity index (χ1v) is 8.22. The Kier molecular flexibility index (Phi) is 3.65.